The van der Waals surface area contributed by atoms with E-state index in [1.54, 1.807) is 0 Å². The maximum Gasteiger partial charge on any atom is 0.224 e. The lowest BCUT2D eigenvalue weighted by molar-refractivity contribution is -0.116. The van der Waals surface area contributed by atoms with Crippen LogP contribution in [0.1, 0.15) is 28.6 Å². The number of carbonyl (C=O) groups excluding carboxylic acids is 1. The molecule has 1 aliphatic rings. The van der Waals surface area contributed by atoms with E-state index in [0.29, 0.717) is 24.0 Å². The molecular weight excluding hydrogens is 350 g/mol. The van der Waals surface area contributed by atoms with Crippen molar-refractivity contribution in [2.45, 2.75) is 24.3 Å². The highest BCUT2D eigenvalue weighted by atomic mass is 32.2. The smallest absolute Gasteiger partial charge is 0.224 e. The zero-order valence-electron chi connectivity index (χ0n) is 14.4. The Balaban J connectivity index is 1.42. The first kappa shape index (κ1) is 18.2. The third kappa shape index (κ3) is 5.72. The molecule has 3 rings (SSSR count). The van der Waals surface area contributed by atoms with Gasteiger partial charge in [0.25, 0.3) is 0 Å². The zero-order chi connectivity index (χ0) is 17.5. The van der Waals surface area contributed by atoms with Crippen LogP contribution in [0.3, 0.4) is 0 Å². The highest BCUT2D eigenvalue weighted by Crippen LogP contribution is 2.45. The Kier molecular flexibility index (Phi) is 6.70. The van der Waals surface area contributed by atoms with E-state index < -0.39 is 0 Å². The number of hydrogen-bond donors (Lipinski definition) is 1. The lowest BCUT2D eigenvalue weighted by Gasteiger charge is -2.11. The molecule has 0 spiro atoms. The van der Waals surface area contributed by atoms with Gasteiger partial charge in [0.1, 0.15) is 5.75 Å². The highest BCUT2D eigenvalue weighted by molar-refractivity contribution is 8.19. The summed E-state index contributed by atoms with van der Waals surface area (Å²) in [6.07, 6.45) is 1.16. The molecule has 2 aromatic rings. The van der Waals surface area contributed by atoms with Crippen LogP contribution in [0.5, 0.6) is 5.75 Å². The van der Waals surface area contributed by atoms with Crippen molar-refractivity contribution in [1.29, 1.82) is 0 Å². The van der Waals surface area contributed by atoms with E-state index in [1.165, 1.54) is 22.6 Å². The third-order valence-corrected chi connectivity index (χ3v) is 6.98. The van der Waals surface area contributed by atoms with E-state index in [-0.39, 0.29) is 5.91 Å². The number of amides is 1. The minimum absolute atomic E-state index is 0.0386. The van der Waals surface area contributed by atoms with Crippen LogP contribution in [0.2, 0.25) is 0 Å². The summed E-state index contributed by atoms with van der Waals surface area (Å²) in [6, 6.07) is 16.2. The summed E-state index contributed by atoms with van der Waals surface area (Å²) in [7, 11) is 0. The van der Waals surface area contributed by atoms with Crippen molar-refractivity contribution in [3.8, 4) is 5.75 Å². The van der Waals surface area contributed by atoms with Gasteiger partial charge in [-0.3, -0.25) is 4.79 Å². The summed E-state index contributed by atoms with van der Waals surface area (Å²) in [6.45, 7) is 2.59. The first-order chi connectivity index (χ1) is 12.2. The molecule has 0 radical (unpaired) electrons. The Labute approximate surface area is 157 Å². The highest BCUT2D eigenvalue weighted by Gasteiger charge is 2.18. The van der Waals surface area contributed by atoms with Gasteiger partial charge in [-0.15, -0.1) is 23.5 Å². The molecule has 0 bridgehead atoms. The van der Waals surface area contributed by atoms with Gasteiger partial charge in [-0.25, -0.2) is 0 Å². The van der Waals surface area contributed by atoms with Gasteiger partial charge >= 0.3 is 0 Å². The zero-order valence-corrected chi connectivity index (χ0v) is 16.0. The van der Waals surface area contributed by atoms with Crippen LogP contribution >= 0.6 is 23.5 Å². The molecule has 0 unspecified atom stereocenters. The molecule has 0 aromatic heterocycles. The van der Waals surface area contributed by atoms with Crippen LogP contribution in [0.15, 0.2) is 48.5 Å². The van der Waals surface area contributed by atoms with Crippen LogP contribution in [0.4, 0.5) is 5.69 Å². The molecule has 1 heterocycles. The van der Waals surface area contributed by atoms with Crippen LogP contribution in [-0.2, 0) is 4.79 Å². The number of rotatable bonds is 7. The van der Waals surface area contributed by atoms with E-state index in [9.17, 15) is 4.79 Å². The Bertz CT molecular complexity index is 714. The fourth-order valence-corrected chi connectivity index (χ4v) is 5.50. The van der Waals surface area contributed by atoms with Crippen LogP contribution in [-0.4, -0.2) is 24.0 Å². The molecule has 3 nitrogen and oxygen atoms in total. The summed E-state index contributed by atoms with van der Waals surface area (Å²) in [5.41, 5.74) is 3.34. The van der Waals surface area contributed by atoms with Gasteiger partial charge in [-0.05, 0) is 48.7 Å². The van der Waals surface area contributed by atoms with Crippen molar-refractivity contribution in [2.75, 3.05) is 23.4 Å². The summed E-state index contributed by atoms with van der Waals surface area (Å²) in [5, 5.41) is 3.00. The fraction of sp³-hybridized carbons (Fsp3) is 0.350. The topological polar surface area (TPSA) is 38.3 Å². The van der Waals surface area contributed by atoms with E-state index in [4.69, 9.17) is 4.74 Å². The molecule has 5 heteroatoms. The molecule has 2 aromatic carbocycles. The van der Waals surface area contributed by atoms with Crippen molar-refractivity contribution in [3.63, 3.8) is 0 Å². The summed E-state index contributed by atoms with van der Waals surface area (Å²) >= 11 is 3.94. The van der Waals surface area contributed by atoms with E-state index >= 15 is 0 Å². The minimum Gasteiger partial charge on any atom is -0.494 e. The maximum absolute atomic E-state index is 12.1. The van der Waals surface area contributed by atoms with Gasteiger partial charge in [0.2, 0.25) is 5.91 Å². The van der Waals surface area contributed by atoms with Gasteiger partial charge in [0.05, 0.1) is 11.2 Å². The lowest BCUT2D eigenvalue weighted by atomic mass is 10.2. The van der Waals surface area contributed by atoms with Crippen molar-refractivity contribution < 1.29 is 9.53 Å². The second kappa shape index (κ2) is 9.20. The lowest BCUT2D eigenvalue weighted by Crippen LogP contribution is -2.13. The largest absolute Gasteiger partial charge is 0.494 e. The van der Waals surface area contributed by atoms with Crippen LogP contribution < -0.4 is 10.1 Å². The predicted octanol–water partition coefficient (Wildman–Crippen LogP) is 5.27. The molecular formula is C20H23NO2S2. The Morgan fingerprint density at radius 3 is 2.76 bits per heavy atom. The first-order valence-electron chi connectivity index (χ1n) is 8.53. The van der Waals surface area contributed by atoms with Crippen molar-refractivity contribution >= 4 is 35.1 Å². The SMILES string of the molecule is Cc1cccc(OCCCC(=O)Nc2cccc(C3SCCS3)c2)c1. The summed E-state index contributed by atoms with van der Waals surface area (Å²) < 4.78 is 6.19. The molecule has 25 heavy (non-hydrogen) atoms. The number of nitrogens with one attached hydrogen (secondary N) is 1. The second-order valence-electron chi connectivity index (χ2n) is 6.02. The van der Waals surface area contributed by atoms with Gasteiger partial charge < -0.3 is 10.1 Å². The van der Waals surface area contributed by atoms with Crippen molar-refractivity contribution in [2.24, 2.45) is 0 Å². The molecule has 1 amide bonds. The quantitative estimate of drug-likeness (QED) is 0.671. The van der Waals surface area contributed by atoms with E-state index in [0.717, 1.165) is 11.4 Å². The molecule has 132 valence electrons. The van der Waals surface area contributed by atoms with Crippen molar-refractivity contribution in [1.82, 2.24) is 0 Å². The number of ether oxygens (including phenoxy) is 1. The van der Waals surface area contributed by atoms with Gasteiger partial charge in [0, 0.05) is 23.6 Å². The van der Waals surface area contributed by atoms with Gasteiger partial charge in [0.15, 0.2) is 0 Å². The number of thioether (sulfide) groups is 2. The Morgan fingerprint density at radius 2 is 1.96 bits per heavy atom. The molecule has 1 fully saturated rings. The van der Waals surface area contributed by atoms with Gasteiger partial charge in [-0.1, -0.05) is 24.3 Å². The van der Waals surface area contributed by atoms with Crippen LogP contribution in [0, 0.1) is 6.92 Å². The van der Waals surface area contributed by atoms with E-state index in [2.05, 4.69) is 17.4 Å². The molecule has 0 saturated carbocycles. The Hall–Kier alpha value is -1.59. The maximum atomic E-state index is 12.1. The van der Waals surface area contributed by atoms with Crippen molar-refractivity contribution in [3.05, 3.63) is 59.7 Å². The summed E-state index contributed by atoms with van der Waals surface area (Å²) in [4.78, 5) is 12.1. The molecule has 1 aliphatic heterocycles. The molecule has 1 saturated heterocycles. The number of anilines is 1. The standard InChI is InChI=1S/C20H23NO2S2/c1-15-5-2-8-18(13-15)23-10-4-9-19(22)21-17-7-3-6-16(14-17)20-24-11-12-25-20/h2-3,5-8,13-14,20H,4,9-12H2,1H3,(H,21,22). The summed E-state index contributed by atoms with van der Waals surface area (Å²) in [5.74, 6) is 3.30. The van der Waals surface area contributed by atoms with Crippen LogP contribution in [0.25, 0.3) is 0 Å². The fourth-order valence-electron chi connectivity index (χ4n) is 2.67. The van der Waals surface area contributed by atoms with E-state index in [1.807, 2.05) is 66.8 Å². The monoisotopic (exact) mass is 373 g/mol. The molecule has 0 aliphatic carbocycles. The normalized spacial score (nSPS) is 14.4. The number of hydrogen-bond acceptors (Lipinski definition) is 4. The predicted molar refractivity (Wildman–Crippen MR) is 109 cm³/mol. The number of aryl methyl sites for hydroxylation is 1. The average Bonchev–Trinajstić information content (AvgIpc) is 3.14. The minimum atomic E-state index is 0.0386. The Morgan fingerprint density at radius 1 is 1.16 bits per heavy atom. The third-order valence-electron chi connectivity index (χ3n) is 3.87. The molecule has 0 atom stereocenters. The number of carbonyl (C=O) groups is 1. The molecule has 1 N–H and O–H groups in total. The second-order valence-corrected chi connectivity index (χ2v) is 8.74. The first-order valence-corrected chi connectivity index (χ1v) is 10.6. The average molecular weight is 374 g/mol. The number of benzene rings is 2. The van der Waals surface area contributed by atoms with Gasteiger partial charge in [-0.2, -0.15) is 0 Å².